The van der Waals surface area contributed by atoms with Crippen LogP contribution in [-0.2, 0) is 6.42 Å². The summed E-state index contributed by atoms with van der Waals surface area (Å²) in [4.78, 5) is 30.4. The SMILES string of the molecule is O=C(NCCc1ccoc1)c1cc(=O)[nH]c(C2CC2)n1. The van der Waals surface area contributed by atoms with Gasteiger partial charge in [-0.2, -0.15) is 0 Å². The normalized spacial score (nSPS) is 14.2. The van der Waals surface area contributed by atoms with Gasteiger partial charge in [-0.15, -0.1) is 0 Å². The maximum Gasteiger partial charge on any atom is 0.270 e. The standard InChI is InChI=1S/C14H15N3O3/c18-12-7-11(16-13(17-12)10-1-2-10)14(19)15-5-3-9-4-6-20-8-9/h4,6-8,10H,1-3,5H2,(H,15,19)(H,16,17,18). The zero-order valence-corrected chi connectivity index (χ0v) is 10.9. The van der Waals surface area contributed by atoms with Gasteiger partial charge in [-0.1, -0.05) is 0 Å². The van der Waals surface area contributed by atoms with Gasteiger partial charge in [0.15, 0.2) is 0 Å². The molecule has 0 atom stereocenters. The van der Waals surface area contributed by atoms with Crippen molar-refractivity contribution in [2.45, 2.75) is 25.2 Å². The molecule has 6 nitrogen and oxygen atoms in total. The first-order valence-corrected chi connectivity index (χ1v) is 6.63. The quantitative estimate of drug-likeness (QED) is 0.857. The third kappa shape index (κ3) is 2.96. The van der Waals surface area contributed by atoms with E-state index in [-0.39, 0.29) is 17.2 Å². The van der Waals surface area contributed by atoms with Gasteiger partial charge in [0, 0.05) is 18.5 Å². The number of aromatic nitrogens is 2. The molecule has 1 fully saturated rings. The largest absolute Gasteiger partial charge is 0.472 e. The van der Waals surface area contributed by atoms with Crippen molar-refractivity contribution < 1.29 is 9.21 Å². The zero-order chi connectivity index (χ0) is 13.9. The summed E-state index contributed by atoms with van der Waals surface area (Å²) in [5, 5.41) is 2.76. The van der Waals surface area contributed by atoms with Gasteiger partial charge in [-0.25, -0.2) is 4.98 Å². The zero-order valence-electron chi connectivity index (χ0n) is 10.9. The van der Waals surface area contributed by atoms with Gasteiger partial charge < -0.3 is 14.7 Å². The number of nitrogens with zero attached hydrogens (tertiary/aromatic N) is 1. The van der Waals surface area contributed by atoms with Crippen molar-refractivity contribution in [1.82, 2.24) is 15.3 Å². The van der Waals surface area contributed by atoms with Crippen LogP contribution < -0.4 is 10.9 Å². The number of carbonyl (C=O) groups is 1. The molecule has 2 aromatic heterocycles. The Morgan fingerprint density at radius 1 is 1.50 bits per heavy atom. The summed E-state index contributed by atoms with van der Waals surface area (Å²) in [5.41, 5.74) is 0.924. The summed E-state index contributed by atoms with van der Waals surface area (Å²) in [6.45, 7) is 0.478. The Bertz CT molecular complexity index is 657. The fourth-order valence-electron chi connectivity index (χ4n) is 1.99. The molecule has 2 aromatic rings. The van der Waals surface area contributed by atoms with Crippen LogP contribution in [0.1, 0.15) is 40.6 Å². The van der Waals surface area contributed by atoms with E-state index in [9.17, 15) is 9.59 Å². The number of rotatable bonds is 5. The van der Waals surface area contributed by atoms with Crippen LogP contribution in [0.5, 0.6) is 0 Å². The van der Waals surface area contributed by atoms with Crippen molar-refractivity contribution in [3.8, 4) is 0 Å². The minimum absolute atomic E-state index is 0.183. The summed E-state index contributed by atoms with van der Waals surface area (Å²) in [6.07, 6.45) is 5.96. The molecule has 2 heterocycles. The van der Waals surface area contributed by atoms with E-state index in [0.717, 1.165) is 18.4 Å². The molecule has 20 heavy (non-hydrogen) atoms. The van der Waals surface area contributed by atoms with Crippen molar-refractivity contribution in [2.24, 2.45) is 0 Å². The molecular formula is C14H15N3O3. The number of hydrogen-bond acceptors (Lipinski definition) is 4. The molecule has 0 saturated heterocycles. The molecular weight excluding hydrogens is 258 g/mol. The highest BCUT2D eigenvalue weighted by Gasteiger charge is 2.27. The Hall–Kier alpha value is -2.37. The molecule has 0 bridgehead atoms. The minimum atomic E-state index is -0.318. The Balaban J connectivity index is 1.63. The van der Waals surface area contributed by atoms with Gasteiger partial charge in [0.25, 0.3) is 11.5 Å². The monoisotopic (exact) mass is 273 g/mol. The van der Waals surface area contributed by atoms with E-state index in [1.807, 2.05) is 6.07 Å². The Labute approximate surface area is 115 Å². The molecule has 1 aliphatic carbocycles. The molecule has 0 spiro atoms. The molecule has 0 unspecified atom stereocenters. The first kappa shape index (κ1) is 12.7. The first-order valence-electron chi connectivity index (χ1n) is 6.63. The fraction of sp³-hybridized carbons (Fsp3) is 0.357. The van der Waals surface area contributed by atoms with E-state index in [2.05, 4.69) is 15.3 Å². The fourth-order valence-corrected chi connectivity index (χ4v) is 1.99. The van der Waals surface area contributed by atoms with Gasteiger partial charge in [0.1, 0.15) is 11.5 Å². The summed E-state index contributed by atoms with van der Waals surface area (Å²) in [5.74, 6) is 0.611. The smallest absolute Gasteiger partial charge is 0.270 e. The van der Waals surface area contributed by atoms with E-state index < -0.39 is 0 Å². The number of carbonyl (C=O) groups excluding carboxylic acids is 1. The Morgan fingerprint density at radius 3 is 3.05 bits per heavy atom. The molecule has 1 aliphatic rings. The molecule has 1 amide bonds. The molecule has 0 aliphatic heterocycles. The van der Waals surface area contributed by atoms with Crippen molar-refractivity contribution >= 4 is 5.91 Å². The Morgan fingerprint density at radius 2 is 2.35 bits per heavy atom. The van der Waals surface area contributed by atoms with E-state index >= 15 is 0 Å². The first-order chi connectivity index (χ1) is 9.72. The van der Waals surface area contributed by atoms with E-state index in [1.54, 1.807) is 12.5 Å². The van der Waals surface area contributed by atoms with Crippen LogP contribution in [0.4, 0.5) is 0 Å². The van der Waals surface area contributed by atoms with Crippen LogP contribution in [0.2, 0.25) is 0 Å². The summed E-state index contributed by atoms with van der Waals surface area (Å²) in [7, 11) is 0. The molecule has 0 aromatic carbocycles. The maximum absolute atomic E-state index is 12.0. The van der Waals surface area contributed by atoms with Crippen molar-refractivity contribution in [3.63, 3.8) is 0 Å². The van der Waals surface area contributed by atoms with Gasteiger partial charge in [0.05, 0.1) is 12.5 Å². The van der Waals surface area contributed by atoms with Gasteiger partial charge in [0.2, 0.25) is 0 Å². The molecule has 3 rings (SSSR count). The van der Waals surface area contributed by atoms with E-state index in [1.165, 1.54) is 6.07 Å². The predicted octanol–water partition coefficient (Wildman–Crippen LogP) is 1.21. The van der Waals surface area contributed by atoms with Crippen molar-refractivity contribution in [1.29, 1.82) is 0 Å². The number of hydrogen-bond donors (Lipinski definition) is 2. The van der Waals surface area contributed by atoms with Crippen LogP contribution in [0.15, 0.2) is 33.9 Å². The van der Waals surface area contributed by atoms with Gasteiger partial charge in [-0.3, -0.25) is 9.59 Å². The summed E-state index contributed by atoms with van der Waals surface area (Å²) >= 11 is 0. The van der Waals surface area contributed by atoms with E-state index in [4.69, 9.17) is 4.42 Å². The number of amides is 1. The molecule has 0 radical (unpaired) electrons. The average Bonchev–Trinajstić information content (AvgIpc) is 3.16. The van der Waals surface area contributed by atoms with Crippen LogP contribution in [0, 0.1) is 0 Å². The second kappa shape index (κ2) is 5.32. The topological polar surface area (TPSA) is 88.0 Å². The highest BCUT2D eigenvalue weighted by atomic mass is 16.3. The highest BCUT2D eigenvalue weighted by molar-refractivity contribution is 5.92. The Kier molecular flexibility index (Phi) is 3.37. The van der Waals surface area contributed by atoms with Gasteiger partial charge in [-0.05, 0) is 30.9 Å². The highest BCUT2D eigenvalue weighted by Crippen LogP contribution is 2.37. The van der Waals surface area contributed by atoms with Crippen LogP contribution in [0.25, 0.3) is 0 Å². The summed E-state index contributed by atoms with van der Waals surface area (Å²) < 4.78 is 4.95. The molecule has 104 valence electrons. The van der Waals surface area contributed by atoms with Gasteiger partial charge >= 0.3 is 0 Å². The predicted molar refractivity (Wildman–Crippen MR) is 71.6 cm³/mol. The van der Waals surface area contributed by atoms with Crippen LogP contribution in [-0.4, -0.2) is 22.4 Å². The number of H-pyrrole nitrogens is 1. The van der Waals surface area contributed by atoms with Crippen LogP contribution >= 0.6 is 0 Å². The third-order valence-corrected chi connectivity index (χ3v) is 3.24. The number of furan rings is 1. The third-order valence-electron chi connectivity index (χ3n) is 3.24. The molecule has 1 saturated carbocycles. The van der Waals surface area contributed by atoms with Crippen LogP contribution in [0.3, 0.4) is 0 Å². The second-order valence-electron chi connectivity index (χ2n) is 4.93. The molecule has 6 heteroatoms. The summed E-state index contributed by atoms with van der Waals surface area (Å²) in [6, 6.07) is 3.09. The lowest BCUT2D eigenvalue weighted by molar-refractivity contribution is 0.0948. The lowest BCUT2D eigenvalue weighted by Gasteiger charge is -2.05. The number of nitrogens with one attached hydrogen (secondary N) is 2. The number of aromatic amines is 1. The molecule has 2 N–H and O–H groups in total. The van der Waals surface area contributed by atoms with Crippen molar-refractivity contribution in [2.75, 3.05) is 6.54 Å². The minimum Gasteiger partial charge on any atom is -0.472 e. The lowest BCUT2D eigenvalue weighted by Crippen LogP contribution is -2.28. The van der Waals surface area contributed by atoms with E-state index in [0.29, 0.717) is 24.7 Å². The second-order valence-corrected chi connectivity index (χ2v) is 4.93. The van der Waals surface area contributed by atoms with Crippen molar-refractivity contribution in [3.05, 3.63) is 52.1 Å². The average molecular weight is 273 g/mol. The maximum atomic E-state index is 12.0. The lowest BCUT2D eigenvalue weighted by atomic mass is 10.2.